The molecule has 0 bridgehead atoms. The predicted molar refractivity (Wildman–Crippen MR) is 124 cm³/mol. The zero-order chi connectivity index (χ0) is 21.5. The van der Waals surface area contributed by atoms with Crippen molar-refractivity contribution < 1.29 is 9.90 Å². The number of carboxylic acids is 1. The van der Waals surface area contributed by atoms with E-state index in [4.69, 9.17) is 0 Å². The molecule has 3 rings (SSSR count). The molecule has 5 unspecified atom stereocenters. The Hall–Kier alpha value is -0.610. The Balaban J connectivity index is 1.67. The highest BCUT2D eigenvalue weighted by Crippen LogP contribution is 2.47. The second-order valence-corrected chi connectivity index (χ2v) is 10.9. The molecule has 0 aromatic carbocycles. The summed E-state index contributed by atoms with van der Waals surface area (Å²) in [6.45, 7) is 7.81. The highest BCUT2D eigenvalue weighted by molar-refractivity contribution is 5.69. The Bertz CT molecular complexity index is 517. The molecule has 4 nitrogen and oxygen atoms in total. The normalized spacial score (nSPS) is 37.1. The number of hydrogen-bond acceptors (Lipinski definition) is 3. The summed E-state index contributed by atoms with van der Waals surface area (Å²) < 4.78 is 0. The SMILES string of the molecule is CCCCCCC1CCC2NC(N(CC)CC(=O)O)CC(C3CCC(C)CC3)C2C1. The fourth-order valence-electron chi connectivity index (χ4n) is 6.97. The molecule has 174 valence electrons. The Morgan fingerprint density at radius 1 is 0.967 bits per heavy atom. The lowest BCUT2D eigenvalue weighted by molar-refractivity contribution is -0.140. The number of hydrogen-bond donors (Lipinski definition) is 2. The van der Waals surface area contributed by atoms with Crippen molar-refractivity contribution in [3.8, 4) is 0 Å². The highest BCUT2D eigenvalue weighted by atomic mass is 16.4. The minimum atomic E-state index is -0.695. The van der Waals surface area contributed by atoms with Crippen LogP contribution in [0.5, 0.6) is 0 Å². The van der Waals surface area contributed by atoms with Crippen LogP contribution in [0.2, 0.25) is 0 Å². The number of carbonyl (C=O) groups is 1. The number of fused-ring (bicyclic) bond motifs is 1. The smallest absolute Gasteiger partial charge is 0.317 e. The van der Waals surface area contributed by atoms with Gasteiger partial charge in [-0.3, -0.25) is 15.0 Å². The number of unbranched alkanes of at least 4 members (excludes halogenated alkanes) is 3. The largest absolute Gasteiger partial charge is 0.480 e. The zero-order valence-corrected chi connectivity index (χ0v) is 20.0. The van der Waals surface area contributed by atoms with E-state index in [1.165, 1.54) is 77.0 Å². The number of nitrogens with zero attached hydrogens (tertiary/aromatic N) is 1. The predicted octanol–water partition coefficient (Wildman–Crippen LogP) is 5.91. The molecule has 3 fully saturated rings. The summed E-state index contributed by atoms with van der Waals surface area (Å²) >= 11 is 0. The van der Waals surface area contributed by atoms with Crippen LogP contribution in [0.3, 0.4) is 0 Å². The first kappa shape index (κ1) is 24.0. The molecule has 5 atom stereocenters. The number of rotatable bonds is 10. The summed E-state index contributed by atoms with van der Waals surface area (Å²) in [7, 11) is 0. The van der Waals surface area contributed by atoms with E-state index in [9.17, 15) is 9.90 Å². The molecule has 0 aromatic rings. The summed E-state index contributed by atoms with van der Waals surface area (Å²) in [5.41, 5.74) is 0. The van der Waals surface area contributed by atoms with Crippen molar-refractivity contribution in [3.63, 3.8) is 0 Å². The monoisotopic (exact) mass is 420 g/mol. The minimum Gasteiger partial charge on any atom is -0.480 e. The molecule has 3 aliphatic rings. The third-order valence-electron chi connectivity index (χ3n) is 8.78. The molecule has 2 aliphatic carbocycles. The van der Waals surface area contributed by atoms with Crippen LogP contribution in [0.25, 0.3) is 0 Å². The average molecular weight is 421 g/mol. The first-order chi connectivity index (χ1) is 14.5. The van der Waals surface area contributed by atoms with Gasteiger partial charge in [0.25, 0.3) is 0 Å². The fourth-order valence-corrected chi connectivity index (χ4v) is 6.97. The Kier molecular flexibility index (Phi) is 9.50. The molecule has 0 aromatic heterocycles. The lowest BCUT2D eigenvalue weighted by Gasteiger charge is -2.52. The van der Waals surface area contributed by atoms with Gasteiger partial charge in [-0.2, -0.15) is 0 Å². The van der Waals surface area contributed by atoms with Gasteiger partial charge >= 0.3 is 5.97 Å². The maximum Gasteiger partial charge on any atom is 0.317 e. The zero-order valence-electron chi connectivity index (χ0n) is 20.0. The number of nitrogens with one attached hydrogen (secondary N) is 1. The molecule has 1 saturated heterocycles. The number of carboxylic acid groups (broad SMARTS) is 1. The molecule has 1 heterocycles. The maximum atomic E-state index is 11.4. The average Bonchev–Trinajstić information content (AvgIpc) is 2.75. The van der Waals surface area contributed by atoms with Crippen LogP contribution >= 0.6 is 0 Å². The summed E-state index contributed by atoms with van der Waals surface area (Å²) in [6.07, 6.45) is 18.0. The molecular formula is C26H48N2O2. The fraction of sp³-hybridized carbons (Fsp3) is 0.962. The Morgan fingerprint density at radius 2 is 1.73 bits per heavy atom. The second-order valence-electron chi connectivity index (χ2n) is 10.9. The lowest BCUT2D eigenvalue weighted by atomic mass is 9.61. The summed E-state index contributed by atoms with van der Waals surface area (Å²) in [4.78, 5) is 13.6. The van der Waals surface area contributed by atoms with Crippen molar-refractivity contribution in [2.75, 3.05) is 13.1 Å². The van der Waals surface area contributed by atoms with Crippen molar-refractivity contribution in [1.29, 1.82) is 0 Å². The Morgan fingerprint density at radius 3 is 2.40 bits per heavy atom. The van der Waals surface area contributed by atoms with Crippen molar-refractivity contribution in [2.24, 2.45) is 29.6 Å². The molecule has 0 spiro atoms. The van der Waals surface area contributed by atoms with Crippen molar-refractivity contribution >= 4 is 5.97 Å². The molecule has 2 saturated carbocycles. The first-order valence-electron chi connectivity index (χ1n) is 13.2. The van der Waals surface area contributed by atoms with E-state index in [1.807, 2.05) is 0 Å². The van der Waals surface area contributed by atoms with E-state index < -0.39 is 5.97 Å². The van der Waals surface area contributed by atoms with Crippen LogP contribution in [0.4, 0.5) is 0 Å². The molecular weight excluding hydrogens is 372 g/mol. The van der Waals surface area contributed by atoms with Crippen molar-refractivity contribution in [2.45, 2.75) is 116 Å². The van der Waals surface area contributed by atoms with E-state index in [0.29, 0.717) is 6.04 Å². The molecule has 4 heteroatoms. The van der Waals surface area contributed by atoms with E-state index in [0.717, 1.165) is 42.6 Å². The van der Waals surface area contributed by atoms with Crippen LogP contribution in [0.1, 0.15) is 104 Å². The number of likely N-dealkylation sites (N-methyl/N-ethyl adjacent to an activating group) is 1. The van der Waals surface area contributed by atoms with Gasteiger partial charge in [-0.25, -0.2) is 0 Å². The molecule has 0 amide bonds. The number of aliphatic carboxylic acids is 1. The van der Waals surface area contributed by atoms with Gasteiger partial charge in [-0.05, 0) is 74.7 Å². The first-order valence-corrected chi connectivity index (χ1v) is 13.2. The van der Waals surface area contributed by atoms with Crippen molar-refractivity contribution in [1.82, 2.24) is 10.2 Å². The minimum absolute atomic E-state index is 0.167. The third kappa shape index (κ3) is 6.45. The lowest BCUT2D eigenvalue weighted by Crippen LogP contribution is -2.61. The molecule has 0 radical (unpaired) electrons. The van der Waals surface area contributed by atoms with Gasteiger partial charge in [0.05, 0.1) is 12.7 Å². The van der Waals surface area contributed by atoms with E-state index in [2.05, 4.69) is 31.0 Å². The van der Waals surface area contributed by atoms with Gasteiger partial charge in [0, 0.05) is 6.04 Å². The van der Waals surface area contributed by atoms with E-state index in [1.54, 1.807) is 0 Å². The van der Waals surface area contributed by atoms with Crippen LogP contribution in [0.15, 0.2) is 0 Å². The van der Waals surface area contributed by atoms with Gasteiger partial charge in [-0.1, -0.05) is 65.7 Å². The van der Waals surface area contributed by atoms with Gasteiger partial charge < -0.3 is 5.11 Å². The van der Waals surface area contributed by atoms with Gasteiger partial charge in [0.15, 0.2) is 0 Å². The topological polar surface area (TPSA) is 52.6 Å². The summed E-state index contributed by atoms with van der Waals surface area (Å²) in [5, 5.41) is 13.4. The summed E-state index contributed by atoms with van der Waals surface area (Å²) in [6, 6.07) is 0.600. The standard InChI is InChI=1S/C26H48N2O2/c1-4-6-7-8-9-20-12-15-24-23(16-20)22(21-13-10-19(3)11-14-21)17-25(27-24)28(5-2)18-26(29)30/h19-25,27H,4-18H2,1-3H3,(H,29,30). The quantitative estimate of drug-likeness (QED) is 0.431. The van der Waals surface area contributed by atoms with Crippen molar-refractivity contribution in [3.05, 3.63) is 0 Å². The van der Waals surface area contributed by atoms with Crippen LogP contribution in [-0.4, -0.2) is 41.3 Å². The second kappa shape index (κ2) is 11.9. The van der Waals surface area contributed by atoms with Gasteiger partial charge in [0.2, 0.25) is 0 Å². The third-order valence-corrected chi connectivity index (χ3v) is 8.78. The highest BCUT2D eigenvalue weighted by Gasteiger charge is 2.45. The molecule has 2 N–H and O–H groups in total. The van der Waals surface area contributed by atoms with E-state index >= 15 is 0 Å². The van der Waals surface area contributed by atoms with Crippen LogP contribution in [0, 0.1) is 29.6 Å². The number of piperidine rings is 1. The maximum absolute atomic E-state index is 11.4. The Labute approximate surface area is 185 Å². The summed E-state index contributed by atoms with van der Waals surface area (Å²) in [5.74, 6) is 3.59. The van der Waals surface area contributed by atoms with Gasteiger partial charge in [0.1, 0.15) is 0 Å². The van der Waals surface area contributed by atoms with Crippen LogP contribution in [-0.2, 0) is 4.79 Å². The molecule has 1 aliphatic heterocycles. The van der Waals surface area contributed by atoms with Crippen LogP contribution < -0.4 is 5.32 Å². The van der Waals surface area contributed by atoms with E-state index in [-0.39, 0.29) is 12.7 Å². The molecule has 30 heavy (non-hydrogen) atoms. The van der Waals surface area contributed by atoms with Gasteiger partial charge in [-0.15, -0.1) is 0 Å².